The van der Waals surface area contributed by atoms with Crippen molar-refractivity contribution in [3.63, 3.8) is 0 Å². The number of hydrogen-bond donors (Lipinski definition) is 1. The normalized spacial score (nSPS) is 12.0. The monoisotopic (exact) mass is 502 g/mol. The summed E-state index contributed by atoms with van der Waals surface area (Å²) in [6, 6.07) is 14.6. The number of nitrogens with one attached hydrogen (secondary N) is 1. The summed E-state index contributed by atoms with van der Waals surface area (Å²) in [6.45, 7) is 6.20. The van der Waals surface area contributed by atoms with Crippen LogP contribution in [-0.2, 0) is 38.1 Å². The Kier molecular flexibility index (Phi) is 5.87. The number of aromatic amines is 1. The number of fused-ring (bicyclic) bond motifs is 2. The SMILES string of the molecule is CC(C)(C)c1[nH]n2nc(-c3cccc(C=O)c3)nc2c1N=Nc1noc2ccccc12.[Y]. The van der Waals surface area contributed by atoms with Gasteiger partial charge >= 0.3 is 0 Å². The second-order valence-electron chi connectivity index (χ2n) is 8.20. The molecule has 3 heterocycles. The summed E-state index contributed by atoms with van der Waals surface area (Å²) < 4.78 is 6.90. The molecule has 0 saturated carbocycles. The Morgan fingerprint density at radius 1 is 1.09 bits per heavy atom. The number of aldehydes is 1. The maximum Gasteiger partial charge on any atom is 0.224 e. The van der Waals surface area contributed by atoms with Crippen LogP contribution in [0.15, 0.2) is 63.3 Å². The number of benzene rings is 2. The van der Waals surface area contributed by atoms with Gasteiger partial charge in [-0.1, -0.05) is 56.3 Å². The third-order valence-corrected chi connectivity index (χ3v) is 4.91. The molecule has 0 atom stereocenters. The molecule has 0 bridgehead atoms. The molecule has 2 aromatic carbocycles. The van der Waals surface area contributed by atoms with Crippen molar-refractivity contribution in [2.24, 2.45) is 10.2 Å². The minimum absolute atomic E-state index is 0. The number of aromatic nitrogens is 5. The molecule has 0 spiro atoms. The topological polar surface area (TPSA) is 114 Å². The fourth-order valence-electron chi connectivity index (χ4n) is 3.35. The van der Waals surface area contributed by atoms with Gasteiger partial charge in [0.15, 0.2) is 17.1 Å². The average Bonchev–Trinajstić information content (AvgIpc) is 3.45. The molecule has 157 valence electrons. The first-order chi connectivity index (χ1) is 14.9. The molecule has 5 aromatic rings. The molecule has 0 fully saturated rings. The van der Waals surface area contributed by atoms with E-state index in [1.54, 1.807) is 22.8 Å². The van der Waals surface area contributed by atoms with Crippen LogP contribution in [0.1, 0.15) is 36.8 Å². The zero-order valence-corrected chi connectivity index (χ0v) is 20.6. The van der Waals surface area contributed by atoms with Crippen LogP contribution in [0.25, 0.3) is 28.0 Å². The summed E-state index contributed by atoms with van der Waals surface area (Å²) in [5, 5.41) is 21.4. The maximum atomic E-state index is 11.1. The number of carbonyl (C=O) groups excluding carboxylic acids is 1. The Labute approximate surface area is 208 Å². The number of azo groups is 1. The molecule has 5 rings (SSSR count). The molecular weight excluding hydrogens is 483 g/mol. The van der Waals surface area contributed by atoms with E-state index >= 15 is 0 Å². The first kappa shape index (κ1) is 22.2. The Morgan fingerprint density at radius 2 is 1.91 bits per heavy atom. The minimum atomic E-state index is -0.250. The van der Waals surface area contributed by atoms with E-state index in [9.17, 15) is 4.79 Å². The van der Waals surface area contributed by atoms with Crippen LogP contribution in [0.3, 0.4) is 0 Å². The van der Waals surface area contributed by atoms with E-state index in [2.05, 4.69) is 51.3 Å². The molecule has 0 saturated heterocycles. The zero-order chi connectivity index (χ0) is 21.6. The van der Waals surface area contributed by atoms with Crippen LogP contribution in [0.4, 0.5) is 11.5 Å². The van der Waals surface area contributed by atoms with Gasteiger partial charge in [0, 0.05) is 49.3 Å². The molecule has 10 heteroatoms. The van der Waals surface area contributed by atoms with Gasteiger partial charge < -0.3 is 4.52 Å². The summed E-state index contributed by atoms with van der Waals surface area (Å²) in [6.07, 6.45) is 0.797. The second kappa shape index (κ2) is 8.48. The van der Waals surface area contributed by atoms with Gasteiger partial charge in [0.05, 0.1) is 11.1 Å². The van der Waals surface area contributed by atoms with E-state index < -0.39 is 0 Å². The van der Waals surface area contributed by atoms with Crippen LogP contribution >= 0.6 is 0 Å². The van der Waals surface area contributed by atoms with Crippen molar-refractivity contribution in [2.45, 2.75) is 26.2 Å². The van der Waals surface area contributed by atoms with E-state index in [-0.39, 0.29) is 38.1 Å². The van der Waals surface area contributed by atoms with Crippen LogP contribution in [0.2, 0.25) is 0 Å². The summed E-state index contributed by atoms with van der Waals surface area (Å²) in [7, 11) is 0. The molecular formula is C22H19N7O2Y. The number of para-hydroxylation sites is 1. The van der Waals surface area contributed by atoms with Gasteiger partial charge in [0.25, 0.3) is 0 Å². The van der Waals surface area contributed by atoms with Crippen molar-refractivity contribution in [3.8, 4) is 11.4 Å². The van der Waals surface area contributed by atoms with Crippen LogP contribution < -0.4 is 0 Å². The molecule has 0 aliphatic heterocycles. The molecule has 1 radical (unpaired) electrons. The van der Waals surface area contributed by atoms with Crippen molar-refractivity contribution < 1.29 is 42.0 Å². The Morgan fingerprint density at radius 3 is 2.69 bits per heavy atom. The van der Waals surface area contributed by atoms with E-state index in [0.29, 0.717) is 34.1 Å². The Bertz CT molecular complexity index is 1460. The summed E-state index contributed by atoms with van der Waals surface area (Å²) in [5.41, 5.74) is 3.64. The standard InChI is InChI=1S/C22H19N7O2.Y/c1-22(2,3)18-17(24-25-20-15-9-4-5-10-16(15)31-28-20)21-23-19(27-29(21)26-18)14-8-6-7-13(11-14)12-30;/h4-12,26H,1-3H3;. The number of nitrogens with zero attached hydrogens (tertiary/aromatic N) is 6. The van der Waals surface area contributed by atoms with Crippen molar-refractivity contribution in [1.29, 1.82) is 0 Å². The molecule has 1 N–H and O–H groups in total. The molecule has 9 nitrogen and oxygen atoms in total. The molecule has 0 unspecified atom stereocenters. The first-order valence-corrected chi connectivity index (χ1v) is 9.75. The van der Waals surface area contributed by atoms with Crippen molar-refractivity contribution in [3.05, 3.63) is 59.8 Å². The zero-order valence-electron chi connectivity index (χ0n) is 17.8. The van der Waals surface area contributed by atoms with E-state index in [0.717, 1.165) is 22.9 Å². The third kappa shape index (κ3) is 3.94. The van der Waals surface area contributed by atoms with E-state index in [1.165, 1.54) is 0 Å². The molecule has 0 aliphatic carbocycles. The maximum absolute atomic E-state index is 11.1. The number of hydrogen-bond acceptors (Lipinski definition) is 7. The number of rotatable bonds is 4. The van der Waals surface area contributed by atoms with Gasteiger partial charge in [-0.05, 0) is 18.2 Å². The van der Waals surface area contributed by atoms with E-state index in [1.807, 2.05) is 30.3 Å². The summed E-state index contributed by atoms with van der Waals surface area (Å²) >= 11 is 0. The van der Waals surface area contributed by atoms with Crippen molar-refractivity contribution in [2.75, 3.05) is 0 Å². The van der Waals surface area contributed by atoms with Crippen molar-refractivity contribution in [1.82, 2.24) is 25.0 Å². The molecule has 32 heavy (non-hydrogen) atoms. The predicted molar refractivity (Wildman–Crippen MR) is 115 cm³/mol. The minimum Gasteiger partial charge on any atom is -0.354 e. The quantitative estimate of drug-likeness (QED) is 0.262. The third-order valence-electron chi connectivity index (χ3n) is 4.91. The average molecular weight is 502 g/mol. The van der Waals surface area contributed by atoms with Crippen LogP contribution in [0.5, 0.6) is 0 Å². The molecule has 0 aliphatic rings. The Hall–Kier alpha value is -3.04. The van der Waals surface area contributed by atoms with Gasteiger partial charge in [0.2, 0.25) is 11.5 Å². The molecule has 0 amide bonds. The van der Waals surface area contributed by atoms with Gasteiger partial charge in [-0.2, -0.15) is 4.63 Å². The smallest absolute Gasteiger partial charge is 0.224 e. The van der Waals surface area contributed by atoms with E-state index in [4.69, 9.17) is 4.52 Å². The van der Waals surface area contributed by atoms with Crippen LogP contribution in [-0.4, -0.2) is 31.3 Å². The number of H-pyrrole nitrogens is 1. The number of carbonyl (C=O) groups is 1. The first-order valence-electron chi connectivity index (χ1n) is 9.75. The predicted octanol–water partition coefficient (Wildman–Crippen LogP) is 5.39. The van der Waals surface area contributed by atoms with Gasteiger partial charge in [-0.15, -0.1) is 15.3 Å². The summed E-state index contributed by atoms with van der Waals surface area (Å²) in [5.74, 6) is 0.881. The Balaban J connectivity index is 0.00000245. The van der Waals surface area contributed by atoms with Crippen LogP contribution in [0, 0.1) is 0 Å². The van der Waals surface area contributed by atoms with Gasteiger partial charge in [0.1, 0.15) is 6.29 Å². The van der Waals surface area contributed by atoms with Gasteiger partial charge in [-0.3, -0.25) is 9.89 Å². The fourth-order valence-corrected chi connectivity index (χ4v) is 3.35. The molecule has 3 aromatic heterocycles. The van der Waals surface area contributed by atoms with Gasteiger partial charge in [-0.25, -0.2) is 4.98 Å². The summed E-state index contributed by atoms with van der Waals surface area (Å²) in [4.78, 5) is 15.8. The second-order valence-corrected chi connectivity index (χ2v) is 8.20. The van der Waals surface area contributed by atoms with Crippen molar-refractivity contribution >= 4 is 34.4 Å². The largest absolute Gasteiger partial charge is 0.354 e. The fraction of sp³-hybridized carbons (Fsp3) is 0.182.